The van der Waals surface area contributed by atoms with Crippen LogP contribution in [-0.2, 0) is 11.2 Å². The summed E-state index contributed by atoms with van der Waals surface area (Å²) in [5.41, 5.74) is 0. The van der Waals surface area contributed by atoms with Crippen LogP contribution in [0.25, 0.3) is 0 Å². The number of thiophene rings is 1. The van der Waals surface area contributed by atoms with Crippen LogP contribution in [0.15, 0.2) is 22.5 Å². The quantitative estimate of drug-likeness (QED) is 0.619. The highest BCUT2D eigenvalue weighted by molar-refractivity contribution is 7.09. The summed E-state index contributed by atoms with van der Waals surface area (Å²) < 4.78 is 5.28. The molecule has 1 saturated heterocycles. The maximum Gasteiger partial charge on any atom is 0.193 e. The molecule has 0 saturated carbocycles. The summed E-state index contributed by atoms with van der Waals surface area (Å²) in [6.45, 7) is 9.20. The Bertz CT molecular complexity index is 447. The number of likely N-dealkylation sites (tertiary alicyclic amines) is 1. The topological polar surface area (TPSA) is 36.9 Å². The third-order valence-electron chi connectivity index (χ3n) is 4.01. The zero-order chi connectivity index (χ0) is 15.8. The van der Waals surface area contributed by atoms with E-state index in [9.17, 15) is 0 Å². The Morgan fingerprint density at radius 3 is 3.14 bits per heavy atom. The summed E-state index contributed by atoms with van der Waals surface area (Å²) in [6.07, 6.45) is 2.32. The summed E-state index contributed by atoms with van der Waals surface area (Å²) in [6, 6.07) is 4.34. The van der Waals surface area contributed by atoms with E-state index >= 15 is 0 Å². The van der Waals surface area contributed by atoms with E-state index in [-0.39, 0.29) is 0 Å². The maximum absolute atomic E-state index is 5.28. The Morgan fingerprint density at radius 1 is 1.59 bits per heavy atom. The van der Waals surface area contributed by atoms with Crippen LogP contribution in [0.1, 0.15) is 25.1 Å². The minimum absolute atomic E-state index is 0.574. The van der Waals surface area contributed by atoms with Crippen LogP contribution in [0.4, 0.5) is 0 Å². The Hall–Kier alpha value is -1.07. The average molecular weight is 324 g/mol. The largest absolute Gasteiger partial charge is 0.384 e. The standard InChI is InChI=1S/C17H29N3OS/c1-4-18-17(20-8-7-15(12-20)13-21-3)19-11-14(2)10-16-6-5-9-22-16/h5-6,9,14-15H,4,7-8,10-13H2,1-3H3,(H,18,19). The second kappa shape index (κ2) is 9.16. The minimum Gasteiger partial charge on any atom is -0.384 e. The van der Waals surface area contributed by atoms with Crippen molar-refractivity contribution in [1.82, 2.24) is 10.2 Å². The monoisotopic (exact) mass is 323 g/mol. The fourth-order valence-electron chi connectivity index (χ4n) is 2.90. The van der Waals surface area contributed by atoms with Crippen molar-refractivity contribution in [2.45, 2.75) is 26.7 Å². The number of methoxy groups -OCH3 is 1. The summed E-state index contributed by atoms with van der Waals surface area (Å²) >= 11 is 1.84. The van der Waals surface area contributed by atoms with Crippen molar-refractivity contribution >= 4 is 17.3 Å². The summed E-state index contributed by atoms with van der Waals surface area (Å²) in [5.74, 6) is 2.28. The van der Waals surface area contributed by atoms with Gasteiger partial charge >= 0.3 is 0 Å². The molecule has 2 atom stereocenters. The van der Waals surface area contributed by atoms with Gasteiger partial charge in [0, 0.05) is 44.1 Å². The van der Waals surface area contributed by atoms with Crippen molar-refractivity contribution in [1.29, 1.82) is 0 Å². The Morgan fingerprint density at radius 2 is 2.45 bits per heavy atom. The van der Waals surface area contributed by atoms with Crippen LogP contribution < -0.4 is 5.32 Å². The molecule has 0 aliphatic carbocycles. The first-order valence-electron chi connectivity index (χ1n) is 8.27. The molecule has 1 fully saturated rings. The van der Waals surface area contributed by atoms with Crippen molar-refractivity contribution in [3.05, 3.63) is 22.4 Å². The number of hydrogen-bond acceptors (Lipinski definition) is 3. The van der Waals surface area contributed by atoms with Crippen molar-refractivity contribution < 1.29 is 4.74 Å². The number of hydrogen-bond donors (Lipinski definition) is 1. The molecule has 0 radical (unpaired) electrons. The maximum atomic E-state index is 5.28. The van der Waals surface area contributed by atoms with E-state index in [0.29, 0.717) is 11.8 Å². The normalized spacial score (nSPS) is 20.4. The van der Waals surface area contributed by atoms with Crippen LogP contribution in [-0.4, -0.2) is 50.8 Å². The van der Waals surface area contributed by atoms with Crippen LogP contribution in [0.5, 0.6) is 0 Å². The molecule has 5 heteroatoms. The molecule has 1 N–H and O–H groups in total. The Kier molecular flexibility index (Phi) is 7.19. The highest BCUT2D eigenvalue weighted by atomic mass is 32.1. The van der Waals surface area contributed by atoms with Gasteiger partial charge < -0.3 is 15.0 Å². The van der Waals surface area contributed by atoms with Crippen LogP contribution >= 0.6 is 11.3 Å². The van der Waals surface area contributed by atoms with E-state index in [0.717, 1.165) is 45.2 Å². The summed E-state index contributed by atoms with van der Waals surface area (Å²) in [4.78, 5) is 8.70. The van der Waals surface area contributed by atoms with Gasteiger partial charge in [-0.25, -0.2) is 0 Å². The van der Waals surface area contributed by atoms with Gasteiger partial charge in [-0.3, -0.25) is 4.99 Å². The average Bonchev–Trinajstić information content (AvgIpc) is 3.16. The molecule has 2 heterocycles. The molecule has 22 heavy (non-hydrogen) atoms. The van der Waals surface area contributed by atoms with Crippen molar-refractivity contribution in [3.63, 3.8) is 0 Å². The zero-order valence-corrected chi connectivity index (χ0v) is 14.9. The number of rotatable bonds is 7. The second-order valence-electron chi connectivity index (χ2n) is 6.14. The molecular weight excluding hydrogens is 294 g/mol. The molecule has 0 aromatic carbocycles. The van der Waals surface area contributed by atoms with Crippen LogP contribution in [0, 0.1) is 11.8 Å². The van der Waals surface area contributed by atoms with Gasteiger partial charge in [0.15, 0.2) is 5.96 Å². The molecule has 124 valence electrons. The van der Waals surface area contributed by atoms with Crippen molar-refractivity contribution in [2.75, 3.05) is 39.9 Å². The van der Waals surface area contributed by atoms with Gasteiger partial charge in [0.2, 0.25) is 0 Å². The first kappa shape index (κ1) is 17.3. The Labute approximate surface area is 138 Å². The fourth-order valence-corrected chi connectivity index (χ4v) is 3.77. The molecule has 4 nitrogen and oxygen atoms in total. The lowest BCUT2D eigenvalue weighted by Crippen LogP contribution is -2.40. The first-order chi connectivity index (χ1) is 10.7. The molecule has 0 bridgehead atoms. The highest BCUT2D eigenvalue weighted by Gasteiger charge is 2.24. The number of ether oxygens (including phenoxy) is 1. The lowest BCUT2D eigenvalue weighted by atomic mass is 10.1. The van der Waals surface area contributed by atoms with Gasteiger partial charge in [-0.2, -0.15) is 0 Å². The van der Waals surface area contributed by atoms with Crippen LogP contribution in [0.3, 0.4) is 0 Å². The number of nitrogens with one attached hydrogen (secondary N) is 1. The molecule has 2 unspecified atom stereocenters. The predicted octanol–water partition coefficient (Wildman–Crippen LogP) is 2.86. The van der Waals surface area contributed by atoms with E-state index < -0.39 is 0 Å². The molecule has 1 aromatic rings. The SMILES string of the molecule is CCNC(=NCC(C)Cc1cccs1)N1CCC(COC)C1. The smallest absolute Gasteiger partial charge is 0.193 e. The third-order valence-corrected chi connectivity index (χ3v) is 4.90. The van der Waals surface area contributed by atoms with Crippen molar-refractivity contribution in [3.8, 4) is 0 Å². The first-order valence-corrected chi connectivity index (χ1v) is 9.15. The van der Waals surface area contributed by atoms with Gasteiger partial charge in [0.05, 0.1) is 6.61 Å². The molecule has 2 rings (SSSR count). The van der Waals surface area contributed by atoms with Gasteiger partial charge in [-0.1, -0.05) is 13.0 Å². The van der Waals surface area contributed by atoms with Gasteiger partial charge in [-0.15, -0.1) is 11.3 Å². The molecule has 1 aromatic heterocycles. The fraction of sp³-hybridized carbons (Fsp3) is 0.706. The zero-order valence-electron chi connectivity index (χ0n) is 14.0. The number of guanidine groups is 1. The van der Waals surface area contributed by atoms with Crippen molar-refractivity contribution in [2.24, 2.45) is 16.8 Å². The predicted molar refractivity (Wildman–Crippen MR) is 94.7 cm³/mol. The molecule has 1 aliphatic heterocycles. The summed E-state index contributed by atoms with van der Waals surface area (Å²) in [5, 5.41) is 5.59. The lowest BCUT2D eigenvalue weighted by molar-refractivity contribution is 0.157. The second-order valence-corrected chi connectivity index (χ2v) is 7.17. The number of nitrogens with zero attached hydrogens (tertiary/aromatic N) is 2. The van der Waals surface area contributed by atoms with E-state index in [1.807, 2.05) is 11.3 Å². The van der Waals surface area contributed by atoms with E-state index in [2.05, 4.69) is 41.6 Å². The molecular formula is C17H29N3OS. The highest BCUT2D eigenvalue weighted by Crippen LogP contribution is 2.17. The van der Waals surface area contributed by atoms with E-state index in [4.69, 9.17) is 9.73 Å². The number of aliphatic imine (C=N–C) groups is 1. The molecule has 0 amide bonds. The minimum atomic E-state index is 0.574. The molecule has 1 aliphatic rings. The Balaban J connectivity index is 1.86. The van der Waals surface area contributed by atoms with Gasteiger partial charge in [0.25, 0.3) is 0 Å². The van der Waals surface area contributed by atoms with Crippen LogP contribution in [0.2, 0.25) is 0 Å². The summed E-state index contributed by atoms with van der Waals surface area (Å²) in [7, 11) is 1.79. The van der Waals surface area contributed by atoms with E-state index in [1.54, 1.807) is 7.11 Å². The molecule has 0 spiro atoms. The van der Waals surface area contributed by atoms with Gasteiger partial charge in [-0.05, 0) is 37.1 Å². The van der Waals surface area contributed by atoms with Gasteiger partial charge in [0.1, 0.15) is 0 Å². The van der Waals surface area contributed by atoms with E-state index in [1.165, 1.54) is 11.3 Å². The third kappa shape index (κ3) is 5.29. The lowest BCUT2D eigenvalue weighted by Gasteiger charge is -2.22.